The molecule has 0 fully saturated rings. The molecule has 1 aromatic heterocycles. The molecular formula is C30H33N3O6S. The molecule has 0 aliphatic carbocycles. The molecule has 0 saturated carbocycles. The zero-order chi connectivity index (χ0) is 28.9. The van der Waals surface area contributed by atoms with Gasteiger partial charge in [0.2, 0.25) is 10.0 Å². The van der Waals surface area contributed by atoms with Gasteiger partial charge >= 0.3 is 0 Å². The fraction of sp³-hybridized carbons (Fsp3) is 0.333. The van der Waals surface area contributed by atoms with Crippen LogP contribution < -0.4 is 9.47 Å². The topological polar surface area (TPSA) is 109 Å². The lowest BCUT2D eigenvalue weighted by Crippen LogP contribution is -2.50. The summed E-state index contributed by atoms with van der Waals surface area (Å²) in [4.78, 5) is 18.7. The predicted octanol–water partition coefficient (Wildman–Crippen LogP) is 3.03. The van der Waals surface area contributed by atoms with Crippen molar-refractivity contribution < 1.29 is 27.8 Å². The van der Waals surface area contributed by atoms with Crippen LogP contribution >= 0.6 is 0 Å². The summed E-state index contributed by atoms with van der Waals surface area (Å²) in [5, 5.41) is 9.86. The van der Waals surface area contributed by atoms with E-state index in [2.05, 4.69) is 16.8 Å². The minimum Gasteiger partial charge on any atom is -0.497 e. The molecule has 1 aliphatic heterocycles. The Morgan fingerprint density at radius 3 is 2.52 bits per heavy atom. The number of benzene rings is 2. The van der Waals surface area contributed by atoms with E-state index in [1.54, 1.807) is 57.6 Å². The lowest BCUT2D eigenvalue weighted by atomic mass is 10.0. The highest BCUT2D eigenvalue weighted by molar-refractivity contribution is 7.89. The lowest BCUT2D eigenvalue weighted by Gasteiger charge is -2.37. The zero-order valence-corrected chi connectivity index (χ0v) is 23.8. The van der Waals surface area contributed by atoms with Gasteiger partial charge in [0.15, 0.2) is 0 Å². The van der Waals surface area contributed by atoms with Gasteiger partial charge in [-0.15, -0.1) is 0 Å². The van der Waals surface area contributed by atoms with E-state index >= 15 is 0 Å². The van der Waals surface area contributed by atoms with Gasteiger partial charge in [0, 0.05) is 42.9 Å². The van der Waals surface area contributed by atoms with Gasteiger partial charge in [-0.25, -0.2) is 8.42 Å². The summed E-state index contributed by atoms with van der Waals surface area (Å²) >= 11 is 0. The molecule has 1 aliphatic rings. The van der Waals surface area contributed by atoms with Crippen molar-refractivity contribution in [3.05, 3.63) is 83.7 Å². The number of hydrogen-bond donors (Lipinski definition) is 1. The van der Waals surface area contributed by atoms with Crippen molar-refractivity contribution in [3.8, 4) is 23.3 Å². The first-order valence-corrected chi connectivity index (χ1v) is 14.3. The first kappa shape index (κ1) is 29.1. The van der Waals surface area contributed by atoms with Crippen molar-refractivity contribution >= 4 is 15.9 Å². The molecule has 1 N–H and O–H groups in total. The maximum absolute atomic E-state index is 13.7. The quantitative estimate of drug-likeness (QED) is 0.459. The number of nitrogens with zero attached hydrogens (tertiary/aromatic N) is 3. The summed E-state index contributed by atoms with van der Waals surface area (Å²) in [6.07, 6.45) is 1.00. The lowest BCUT2D eigenvalue weighted by molar-refractivity contribution is 0.0559. The minimum atomic E-state index is -3.99. The Labute approximate surface area is 235 Å². The highest BCUT2D eigenvalue weighted by Gasteiger charge is 2.38. The van der Waals surface area contributed by atoms with Crippen molar-refractivity contribution in [2.75, 3.05) is 33.9 Å². The highest BCUT2D eigenvalue weighted by atomic mass is 32.2. The van der Waals surface area contributed by atoms with Gasteiger partial charge in [0.25, 0.3) is 5.91 Å². The first-order chi connectivity index (χ1) is 19.1. The second-order valence-electron chi connectivity index (χ2n) is 9.78. The summed E-state index contributed by atoms with van der Waals surface area (Å²) in [7, 11) is -0.740. The maximum atomic E-state index is 13.7. The van der Waals surface area contributed by atoms with Gasteiger partial charge in [-0.05, 0) is 61.5 Å². The number of rotatable bonds is 6. The molecule has 9 nitrogen and oxygen atoms in total. The molecule has 210 valence electrons. The number of aliphatic hydroxyl groups excluding tert-OH is 1. The number of aromatic nitrogens is 1. The molecule has 3 aromatic rings. The number of carbonyl (C=O) groups excluding carboxylic acids is 1. The Hall–Kier alpha value is -3.91. The van der Waals surface area contributed by atoms with Crippen LogP contribution in [0.3, 0.4) is 0 Å². The average Bonchev–Trinajstić information content (AvgIpc) is 2.97. The number of fused-ring (bicyclic) bond motifs is 1. The molecular weight excluding hydrogens is 530 g/mol. The van der Waals surface area contributed by atoms with Crippen LogP contribution in [0.5, 0.6) is 11.5 Å². The Balaban J connectivity index is 1.70. The van der Waals surface area contributed by atoms with Gasteiger partial charge in [-0.3, -0.25) is 9.78 Å². The number of carbonyl (C=O) groups is 1. The second kappa shape index (κ2) is 12.5. The van der Waals surface area contributed by atoms with Gasteiger partial charge in [0.1, 0.15) is 28.2 Å². The fourth-order valence-electron chi connectivity index (χ4n) is 4.38. The third kappa shape index (κ3) is 6.45. The number of methoxy groups -OCH3 is 1. The van der Waals surface area contributed by atoms with Crippen LogP contribution in [0, 0.1) is 17.8 Å². The van der Waals surface area contributed by atoms with Gasteiger partial charge in [-0.1, -0.05) is 24.8 Å². The largest absolute Gasteiger partial charge is 0.497 e. The predicted molar refractivity (Wildman–Crippen MR) is 151 cm³/mol. The van der Waals surface area contributed by atoms with Gasteiger partial charge in [0.05, 0.1) is 20.3 Å². The van der Waals surface area contributed by atoms with E-state index in [4.69, 9.17) is 9.47 Å². The summed E-state index contributed by atoms with van der Waals surface area (Å²) in [6.45, 7) is 3.50. The van der Waals surface area contributed by atoms with Crippen LogP contribution in [0.25, 0.3) is 0 Å². The van der Waals surface area contributed by atoms with E-state index < -0.39 is 22.2 Å². The fourth-order valence-corrected chi connectivity index (χ4v) is 6.20. The molecule has 10 heteroatoms. The van der Waals surface area contributed by atoms with Crippen molar-refractivity contribution in [2.24, 2.45) is 5.92 Å². The second-order valence-corrected chi connectivity index (χ2v) is 11.6. The van der Waals surface area contributed by atoms with Crippen LogP contribution in [0.2, 0.25) is 0 Å². The summed E-state index contributed by atoms with van der Waals surface area (Å²) in [6, 6.07) is 16.5. The van der Waals surface area contributed by atoms with Gasteiger partial charge in [-0.2, -0.15) is 4.31 Å². The van der Waals surface area contributed by atoms with E-state index in [1.807, 2.05) is 31.2 Å². The first-order valence-electron chi connectivity index (χ1n) is 12.9. The highest BCUT2D eigenvalue weighted by Crippen LogP contribution is 2.34. The molecule has 4 rings (SSSR count). The molecule has 1 amide bonds. The van der Waals surface area contributed by atoms with Crippen LogP contribution in [0.4, 0.5) is 0 Å². The number of sulfonamides is 1. The molecule has 0 unspecified atom stereocenters. The Bertz CT molecular complexity index is 1500. The molecule has 2 heterocycles. The van der Waals surface area contributed by atoms with Gasteiger partial charge < -0.3 is 19.5 Å². The van der Waals surface area contributed by atoms with Crippen LogP contribution in [-0.2, 0) is 10.0 Å². The summed E-state index contributed by atoms with van der Waals surface area (Å²) < 4.78 is 40.3. The molecule has 0 saturated heterocycles. The summed E-state index contributed by atoms with van der Waals surface area (Å²) in [5.74, 6) is 6.43. The third-order valence-electron chi connectivity index (χ3n) is 6.79. The van der Waals surface area contributed by atoms with E-state index in [0.717, 1.165) is 11.3 Å². The van der Waals surface area contributed by atoms with Crippen molar-refractivity contribution in [1.82, 2.24) is 14.2 Å². The van der Waals surface area contributed by atoms with E-state index in [1.165, 1.54) is 15.3 Å². The van der Waals surface area contributed by atoms with Crippen molar-refractivity contribution in [1.29, 1.82) is 0 Å². The summed E-state index contributed by atoms with van der Waals surface area (Å²) in [5.41, 5.74) is 1.64. The third-order valence-corrected chi connectivity index (χ3v) is 8.81. The number of likely N-dealkylation sites (N-methyl/N-ethyl adjacent to an activating group) is 1. The zero-order valence-electron chi connectivity index (χ0n) is 22.9. The monoisotopic (exact) mass is 563 g/mol. The number of pyridine rings is 1. The van der Waals surface area contributed by atoms with Crippen LogP contribution in [-0.4, -0.2) is 79.6 Å². The Morgan fingerprint density at radius 1 is 1.18 bits per heavy atom. The molecule has 40 heavy (non-hydrogen) atoms. The van der Waals surface area contributed by atoms with E-state index in [9.17, 15) is 18.3 Å². The normalized spacial score (nSPS) is 19.0. The standard InChI is InChI=1S/C30H33N3O6S/c1-21-18-33(22(2)20-34)40(36,37)29-15-12-24(9-8-23-10-13-25(38-4)14-11-23)17-27(29)39-28(21)19-32(3)30(35)26-7-5-6-16-31-26/h5-7,10-17,21-22,28,34H,18-20H2,1-4H3/t21-,22-,28+/m0/s1. The van der Waals surface area contributed by atoms with Crippen LogP contribution in [0.1, 0.15) is 35.5 Å². The van der Waals surface area contributed by atoms with Crippen LogP contribution in [0.15, 0.2) is 71.8 Å². The maximum Gasteiger partial charge on any atom is 0.272 e. The molecule has 0 radical (unpaired) electrons. The Morgan fingerprint density at radius 2 is 1.88 bits per heavy atom. The number of aliphatic hydroxyl groups is 1. The average molecular weight is 564 g/mol. The molecule has 0 bridgehead atoms. The minimum absolute atomic E-state index is 0.0154. The van der Waals surface area contributed by atoms with E-state index in [0.29, 0.717) is 11.3 Å². The number of hydrogen-bond acceptors (Lipinski definition) is 7. The molecule has 3 atom stereocenters. The SMILES string of the molecule is COc1ccc(C#Cc2ccc3c(c2)O[C@H](CN(C)C(=O)c2ccccn2)[C@@H](C)CN([C@@H](C)CO)S3(=O)=O)cc1. The Kier molecular flexibility index (Phi) is 9.10. The molecule has 0 spiro atoms. The number of ether oxygens (including phenoxy) is 2. The number of amides is 1. The van der Waals surface area contributed by atoms with Crippen molar-refractivity contribution in [2.45, 2.75) is 30.9 Å². The smallest absolute Gasteiger partial charge is 0.272 e. The van der Waals surface area contributed by atoms with E-state index in [-0.39, 0.29) is 42.2 Å². The molecule has 2 aromatic carbocycles. The van der Waals surface area contributed by atoms with Crippen molar-refractivity contribution in [3.63, 3.8) is 0 Å².